The number of rotatable bonds is 12. The summed E-state index contributed by atoms with van der Waals surface area (Å²) in [5, 5.41) is 4.82. The van der Waals surface area contributed by atoms with E-state index in [1.54, 1.807) is 0 Å². The molecule has 20 rings (SSSR count). The van der Waals surface area contributed by atoms with Crippen molar-refractivity contribution in [3.05, 3.63) is 387 Å². The van der Waals surface area contributed by atoms with E-state index in [1.807, 2.05) is 0 Å². The highest BCUT2D eigenvalue weighted by atomic mass is 15.2. The van der Waals surface area contributed by atoms with Crippen molar-refractivity contribution >= 4 is 118 Å². The maximum Gasteiger partial charge on any atom is 0.252 e. The van der Waals surface area contributed by atoms with Crippen LogP contribution >= 0.6 is 0 Å². The van der Waals surface area contributed by atoms with Crippen molar-refractivity contribution in [2.45, 2.75) is 78.6 Å². The summed E-state index contributed by atoms with van der Waals surface area (Å²) in [5.41, 5.74) is 35.2. The zero-order valence-corrected chi connectivity index (χ0v) is 66.0. The van der Waals surface area contributed by atoms with Crippen LogP contribution in [0.25, 0.3) is 111 Å². The minimum absolute atomic E-state index is 0.0709. The number of para-hydroxylation sites is 4. The fraction of sp³-hybridized carbons (Fsp3) is 0.111. The third kappa shape index (κ3) is 11.9. The lowest BCUT2D eigenvalue weighted by molar-refractivity contribution is 0.590. The van der Waals surface area contributed by atoms with Crippen molar-refractivity contribution in [2.75, 3.05) is 14.7 Å². The minimum Gasteiger partial charge on any atom is -0.311 e. The van der Waals surface area contributed by atoms with Gasteiger partial charge in [0.25, 0.3) is 6.71 Å². The van der Waals surface area contributed by atoms with Gasteiger partial charge in [0, 0.05) is 83.9 Å². The summed E-state index contributed by atoms with van der Waals surface area (Å²) in [5.74, 6) is 0. The van der Waals surface area contributed by atoms with Gasteiger partial charge in [-0.3, -0.25) is 0 Å². The fourth-order valence-electron chi connectivity index (χ4n) is 18.1. The third-order valence-corrected chi connectivity index (χ3v) is 23.9. The zero-order valence-electron chi connectivity index (χ0n) is 66.0. The Kier molecular flexibility index (Phi) is 16.7. The van der Waals surface area contributed by atoms with Crippen molar-refractivity contribution in [1.82, 2.24) is 9.13 Å². The molecule has 0 atom stereocenters. The van der Waals surface area contributed by atoms with Crippen LogP contribution in [0.3, 0.4) is 0 Å². The molecule has 0 N–H and O–H groups in total. The molecule has 2 aliphatic heterocycles. The Balaban J connectivity index is 0.950. The average molecular weight is 1470 g/mol. The van der Waals surface area contributed by atoms with Crippen LogP contribution in [0.2, 0.25) is 0 Å². The van der Waals surface area contributed by atoms with Crippen LogP contribution < -0.4 is 31.1 Å². The highest BCUT2D eigenvalue weighted by Gasteiger charge is 2.46. The van der Waals surface area contributed by atoms with Crippen molar-refractivity contribution in [3.8, 4) is 67.0 Å². The zero-order chi connectivity index (χ0) is 77.3. The molecule has 5 nitrogen and oxygen atoms in total. The van der Waals surface area contributed by atoms with Gasteiger partial charge in [0.2, 0.25) is 0 Å². The van der Waals surface area contributed by atoms with Gasteiger partial charge in [0.05, 0.1) is 33.4 Å². The number of fused-ring (bicyclic) bond motifs is 10. The molecular weight excluding hydrogens is 1380 g/mol. The molecule has 4 heterocycles. The molecule has 548 valence electrons. The van der Waals surface area contributed by atoms with E-state index in [2.05, 4.69) is 456 Å². The van der Waals surface area contributed by atoms with Gasteiger partial charge in [0.1, 0.15) is 0 Å². The van der Waals surface area contributed by atoms with Gasteiger partial charge in [-0.1, -0.05) is 311 Å². The van der Waals surface area contributed by atoms with Gasteiger partial charge < -0.3 is 23.8 Å². The molecule has 0 radical (unpaired) electrons. The van der Waals surface area contributed by atoms with E-state index in [0.717, 1.165) is 134 Å². The van der Waals surface area contributed by atoms with Crippen LogP contribution in [0.4, 0.5) is 51.2 Å². The Morgan fingerprint density at radius 1 is 0.237 bits per heavy atom. The van der Waals surface area contributed by atoms with Crippen molar-refractivity contribution in [1.29, 1.82) is 0 Å². The Morgan fingerprint density at radius 2 is 0.649 bits per heavy atom. The maximum absolute atomic E-state index is 2.70. The number of benzene rings is 16. The van der Waals surface area contributed by atoms with Gasteiger partial charge in [0.15, 0.2) is 0 Å². The number of hydrogen-bond donors (Lipinski definition) is 0. The SMILES string of the molecule is CC(C)(C)c1cccc(-c2ccc3c(c2)N(c2c(-c4ccccc4)cccc2-c2ccccc2)c2cc(-n4c5ccccc5c5cc(N(c6ccccc6)c6ccccc6)ccc54)cc4c2B3c2ccc(-n3c5ccc(C(C)(C)C)cc5c5cc(C(C)(C)C)ccc53)cc2N4c2cc(-c3ccccc3)cc(-c3ccccc3)c2)c1. The Labute approximate surface area is 669 Å². The topological polar surface area (TPSA) is 19.6 Å². The monoisotopic (exact) mass is 1470 g/mol. The van der Waals surface area contributed by atoms with Gasteiger partial charge in [-0.05, 0) is 215 Å². The lowest BCUT2D eigenvalue weighted by Crippen LogP contribution is -2.61. The fourth-order valence-corrected chi connectivity index (χ4v) is 18.1. The highest BCUT2D eigenvalue weighted by molar-refractivity contribution is 7.00. The molecule has 0 fully saturated rings. The normalized spacial score (nSPS) is 12.7. The third-order valence-electron chi connectivity index (χ3n) is 23.9. The van der Waals surface area contributed by atoms with Gasteiger partial charge >= 0.3 is 0 Å². The van der Waals surface area contributed by atoms with Crippen LogP contribution in [0.5, 0.6) is 0 Å². The standard InChI is InChI=1S/C108H88BN5/c1-106(2,3)79-41-30-40-75(61-79)76-50-55-94-100(64-76)114(105-88(73-36-20-12-21-37-73)47-31-48-89(105)74-38-22-13-23-39-74)103-70-87(112-96-49-29-28-46-90(96)93-67-84(54-59-99(93)112)110(82-42-24-14-25-43-82)83-44-26-15-27-45-83)69-102-104(103)109(94)95-56-53-85(111-97-57-51-80(107(4,5)6)65-91(97)92-66-81(108(7,8)9)52-58-98(92)111)68-101(95)113(102)86-62-77(71-32-16-10-17-33-71)60-78(63-86)72-34-18-11-19-35-72/h10-70H,1-9H3. The summed E-state index contributed by atoms with van der Waals surface area (Å²) < 4.78 is 5.12. The average Bonchev–Trinajstić information content (AvgIpc) is 0.882. The molecule has 0 saturated carbocycles. The first kappa shape index (κ1) is 69.8. The van der Waals surface area contributed by atoms with Gasteiger partial charge in [-0.2, -0.15) is 0 Å². The maximum atomic E-state index is 2.70. The van der Waals surface area contributed by atoms with Crippen LogP contribution in [-0.4, -0.2) is 15.8 Å². The molecule has 114 heavy (non-hydrogen) atoms. The summed E-state index contributed by atoms with van der Waals surface area (Å²) in [7, 11) is 0. The number of nitrogens with zero attached hydrogens (tertiary/aromatic N) is 5. The van der Waals surface area contributed by atoms with Crippen LogP contribution in [0.1, 0.15) is 79.0 Å². The Morgan fingerprint density at radius 3 is 1.19 bits per heavy atom. The van der Waals surface area contributed by atoms with Crippen LogP contribution in [0, 0.1) is 0 Å². The second-order valence-electron chi connectivity index (χ2n) is 34.1. The first-order valence-electron chi connectivity index (χ1n) is 40.2. The van der Waals surface area contributed by atoms with Gasteiger partial charge in [-0.15, -0.1) is 0 Å². The summed E-state index contributed by atoms with van der Waals surface area (Å²) >= 11 is 0. The first-order valence-corrected chi connectivity index (χ1v) is 40.2. The predicted molar refractivity (Wildman–Crippen MR) is 487 cm³/mol. The number of anilines is 9. The summed E-state index contributed by atoms with van der Waals surface area (Å²) in [6.07, 6.45) is 0. The summed E-state index contributed by atoms with van der Waals surface area (Å²) in [4.78, 5) is 7.75. The quantitative estimate of drug-likeness (QED) is 0.114. The second kappa shape index (κ2) is 27.2. The van der Waals surface area contributed by atoms with Crippen LogP contribution in [-0.2, 0) is 16.2 Å². The summed E-state index contributed by atoms with van der Waals surface area (Å²) in [6, 6.07) is 140. The molecule has 2 aromatic heterocycles. The van der Waals surface area contributed by atoms with E-state index >= 15 is 0 Å². The minimum atomic E-state index is -0.273. The largest absolute Gasteiger partial charge is 0.311 e. The van der Waals surface area contributed by atoms with E-state index in [9.17, 15) is 0 Å². The first-order chi connectivity index (χ1) is 55.4. The van der Waals surface area contributed by atoms with Gasteiger partial charge in [-0.25, -0.2) is 0 Å². The molecule has 0 saturated heterocycles. The van der Waals surface area contributed by atoms with E-state index < -0.39 is 0 Å². The van der Waals surface area contributed by atoms with Crippen LogP contribution in [0.15, 0.2) is 370 Å². The van der Waals surface area contributed by atoms with E-state index in [1.165, 1.54) is 60.4 Å². The summed E-state index contributed by atoms with van der Waals surface area (Å²) in [6.45, 7) is 20.7. The molecule has 16 aromatic carbocycles. The molecule has 18 aromatic rings. The van der Waals surface area contributed by atoms with Crippen molar-refractivity contribution < 1.29 is 0 Å². The molecule has 6 heteroatoms. The smallest absolute Gasteiger partial charge is 0.252 e. The predicted octanol–water partition coefficient (Wildman–Crippen LogP) is 27.7. The van der Waals surface area contributed by atoms with E-state index in [4.69, 9.17) is 0 Å². The molecule has 0 bridgehead atoms. The van der Waals surface area contributed by atoms with E-state index in [0.29, 0.717) is 0 Å². The molecule has 0 unspecified atom stereocenters. The molecular formula is C108H88BN5. The number of hydrogen-bond acceptors (Lipinski definition) is 3. The molecule has 0 amide bonds. The van der Waals surface area contributed by atoms with Crippen molar-refractivity contribution in [3.63, 3.8) is 0 Å². The highest BCUT2D eigenvalue weighted by Crippen LogP contribution is 2.54. The van der Waals surface area contributed by atoms with Crippen molar-refractivity contribution in [2.24, 2.45) is 0 Å². The van der Waals surface area contributed by atoms with E-state index in [-0.39, 0.29) is 23.0 Å². The molecule has 2 aliphatic rings. The second-order valence-corrected chi connectivity index (χ2v) is 34.1. The lowest BCUT2D eigenvalue weighted by atomic mass is 9.33. The Hall–Kier alpha value is -13.4. The Bertz CT molecular complexity index is 6550. The molecule has 0 aliphatic carbocycles. The molecule has 0 spiro atoms. The number of aromatic nitrogens is 2. The lowest BCUT2D eigenvalue weighted by Gasteiger charge is -2.45.